The first-order valence-electron chi connectivity index (χ1n) is 11.5. The minimum atomic E-state index is -3.55. The maximum atomic E-state index is 13.3. The molecule has 6 nitrogen and oxygen atoms in total. The number of nitrogens with one attached hydrogen (secondary N) is 1. The number of rotatable bonds is 4. The van der Waals surface area contributed by atoms with Gasteiger partial charge in [0.1, 0.15) is 0 Å². The zero-order valence-electron chi connectivity index (χ0n) is 18.1. The highest BCUT2D eigenvalue weighted by atomic mass is 35.5. The van der Waals surface area contributed by atoms with Crippen LogP contribution in [0.4, 0.5) is 4.79 Å². The number of hydrogen-bond acceptors (Lipinski definition) is 3. The molecule has 0 aromatic heterocycles. The summed E-state index contributed by atoms with van der Waals surface area (Å²) in [5, 5.41) is 3.62. The van der Waals surface area contributed by atoms with Crippen molar-refractivity contribution in [3.63, 3.8) is 0 Å². The minimum absolute atomic E-state index is 0.142. The lowest BCUT2D eigenvalue weighted by Crippen LogP contribution is -2.65. The van der Waals surface area contributed by atoms with E-state index in [-0.39, 0.29) is 11.0 Å². The number of benzene rings is 1. The molecular weight excluding hydrogens is 434 g/mol. The summed E-state index contributed by atoms with van der Waals surface area (Å²) in [7, 11) is -3.55. The monoisotopic (exact) mass is 465 g/mol. The van der Waals surface area contributed by atoms with Gasteiger partial charge in [-0.1, -0.05) is 17.7 Å². The highest BCUT2D eigenvalue weighted by Crippen LogP contribution is 2.65. The normalized spacial score (nSPS) is 35.9. The minimum Gasteiger partial charge on any atom is -0.352 e. The summed E-state index contributed by atoms with van der Waals surface area (Å²) >= 11 is 6.19. The SMILES string of the molecule is Cc1c(Cl)cccc1S(=O)(=O)N1CCC(C23CC4CC(CC(NC(N)=O)(C4)C2)C3)CC1. The van der Waals surface area contributed by atoms with Gasteiger partial charge in [0.05, 0.1) is 4.90 Å². The third-order valence-electron chi connectivity index (χ3n) is 8.65. The Morgan fingerprint density at radius 2 is 1.81 bits per heavy atom. The lowest BCUT2D eigenvalue weighted by Gasteiger charge is -2.64. The van der Waals surface area contributed by atoms with Gasteiger partial charge in [-0.2, -0.15) is 4.31 Å². The molecule has 6 rings (SSSR count). The Morgan fingerprint density at radius 3 is 2.42 bits per heavy atom. The number of amides is 2. The Kier molecular flexibility index (Phi) is 5.11. The molecule has 4 aliphatic carbocycles. The molecule has 5 fully saturated rings. The third-order valence-corrected chi connectivity index (χ3v) is 11.1. The molecule has 1 aromatic rings. The topological polar surface area (TPSA) is 92.5 Å². The summed E-state index contributed by atoms with van der Waals surface area (Å²) in [6.45, 7) is 2.86. The zero-order chi connectivity index (χ0) is 22.0. The van der Waals surface area contributed by atoms with E-state index >= 15 is 0 Å². The highest BCUT2D eigenvalue weighted by molar-refractivity contribution is 7.89. The first-order valence-corrected chi connectivity index (χ1v) is 13.3. The third kappa shape index (κ3) is 3.57. The van der Waals surface area contributed by atoms with Gasteiger partial charge >= 0.3 is 6.03 Å². The fraction of sp³-hybridized carbons (Fsp3) is 0.696. The van der Waals surface area contributed by atoms with E-state index in [2.05, 4.69) is 5.32 Å². The number of halogens is 1. The maximum absolute atomic E-state index is 13.3. The fourth-order valence-corrected chi connectivity index (χ4v) is 9.88. The van der Waals surface area contributed by atoms with Crippen molar-refractivity contribution in [2.75, 3.05) is 13.1 Å². The van der Waals surface area contributed by atoms with Crippen molar-refractivity contribution in [2.45, 2.75) is 68.7 Å². The lowest BCUT2D eigenvalue weighted by molar-refractivity contribution is -0.114. The number of hydrogen-bond donors (Lipinski definition) is 2. The van der Waals surface area contributed by atoms with Gasteiger partial charge in [-0.15, -0.1) is 0 Å². The van der Waals surface area contributed by atoms with Crippen LogP contribution in [0.2, 0.25) is 5.02 Å². The predicted molar refractivity (Wildman–Crippen MR) is 120 cm³/mol. The maximum Gasteiger partial charge on any atom is 0.312 e. The van der Waals surface area contributed by atoms with E-state index < -0.39 is 16.1 Å². The van der Waals surface area contributed by atoms with Crippen LogP contribution < -0.4 is 11.1 Å². The van der Waals surface area contributed by atoms with Crippen LogP contribution in [0.5, 0.6) is 0 Å². The average molecular weight is 466 g/mol. The largest absolute Gasteiger partial charge is 0.352 e. The summed E-state index contributed by atoms with van der Waals surface area (Å²) in [5.74, 6) is 1.81. The standard InChI is InChI=1S/C23H32ClN3O3S/c1-15-19(24)3-2-4-20(15)31(29,30)27-7-5-18(6-8-27)22-10-16-9-17(11-22)13-23(12-16,14-22)26-21(25)28/h2-4,16-18H,5-14H2,1H3,(H3,25,26,28). The second-order valence-electron chi connectivity index (χ2n) is 10.6. The number of urea groups is 1. The second-order valence-corrected chi connectivity index (χ2v) is 12.9. The average Bonchev–Trinajstić information content (AvgIpc) is 2.68. The van der Waals surface area contributed by atoms with Gasteiger partial charge in [0.15, 0.2) is 0 Å². The Bertz CT molecular complexity index is 989. The van der Waals surface area contributed by atoms with Crippen LogP contribution in [0, 0.1) is 30.1 Å². The van der Waals surface area contributed by atoms with Gasteiger partial charge in [0.2, 0.25) is 10.0 Å². The van der Waals surface area contributed by atoms with Gasteiger partial charge < -0.3 is 11.1 Å². The molecule has 0 radical (unpaired) electrons. The fourth-order valence-electron chi connectivity index (χ4n) is 7.93. The summed E-state index contributed by atoms with van der Waals surface area (Å²) in [6, 6.07) is 4.68. The van der Waals surface area contributed by atoms with Gasteiger partial charge in [-0.3, -0.25) is 0 Å². The van der Waals surface area contributed by atoms with Crippen molar-refractivity contribution >= 4 is 27.7 Å². The Hall–Kier alpha value is -1.31. The molecule has 1 aromatic carbocycles. The molecule has 31 heavy (non-hydrogen) atoms. The highest BCUT2D eigenvalue weighted by Gasteiger charge is 2.60. The Balaban J connectivity index is 1.34. The molecule has 8 heteroatoms. The number of primary amides is 1. The number of piperidine rings is 1. The van der Waals surface area contributed by atoms with Crippen LogP contribution in [-0.2, 0) is 10.0 Å². The van der Waals surface area contributed by atoms with Crippen molar-refractivity contribution in [1.82, 2.24) is 9.62 Å². The van der Waals surface area contributed by atoms with Crippen LogP contribution in [0.3, 0.4) is 0 Å². The summed E-state index contributed by atoms with van der Waals surface area (Å²) in [6.07, 6.45) is 8.57. The molecule has 1 aliphatic heterocycles. The first kappa shape index (κ1) is 21.5. The zero-order valence-corrected chi connectivity index (χ0v) is 19.6. The van der Waals surface area contributed by atoms with Gasteiger partial charge in [0.25, 0.3) is 0 Å². The summed E-state index contributed by atoms with van der Waals surface area (Å²) < 4.78 is 28.2. The molecule has 2 unspecified atom stereocenters. The first-order chi connectivity index (χ1) is 14.6. The van der Waals surface area contributed by atoms with Crippen molar-refractivity contribution < 1.29 is 13.2 Å². The summed E-state index contributed by atoms with van der Waals surface area (Å²) in [4.78, 5) is 12.0. The van der Waals surface area contributed by atoms with Gasteiger partial charge in [0, 0.05) is 23.7 Å². The van der Waals surface area contributed by atoms with E-state index in [0.717, 1.165) is 32.1 Å². The molecule has 2 amide bonds. The quantitative estimate of drug-likeness (QED) is 0.702. The molecule has 4 saturated carbocycles. The number of sulfonamides is 1. The molecule has 4 bridgehead atoms. The molecule has 5 aliphatic rings. The smallest absolute Gasteiger partial charge is 0.312 e. The molecule has 3 N–H and O–H groups in total. The van der Waals surface area contributed by atoms with Crippen LogP contribution in [0.25, 0.3) is 0 Å². The number of nitrogens with two attached hydrogens (primary N) is 1. The van der Waals surface area contributed by atoms with E-state index in [1.165, 1.54) is 19.3 Å². The van der Waals surface area contributed by atoms with E-state index in [9.17, 15) is 13.2 Å². The molecule has 0 spiro atoms. The van der Waals surface area contributed by atoms with Crippen molar-refractivity contribution in [2.24, 2.45) is 28.9 Å². The Morgan fingerprint density at radius 1 is 1.16 bits per heavy atom. The van der Waals surface area contributed by atoms with E-state index in [1.54, 1.807) is 29.4 Å². The molecule has 2 atom stereocenters. The van der Waals surface area contributed by atoms with E-state index in [1.807, 2.05) is 0 Å². The van der Waals surface area contributed by atoms with Crippen LogP contribution in [-0.4, -0.2) is 37.4 Å². The van der Waals surface area contributed by atoms with Gasteiger partial charge in [-0.25, -0.2) is 13.2 Å². The Labute approximate surface area is 189 Å². The van der Waals surface area contributed by atoms with Crippen LogP contribution in [0.15, 0.2) is 23.1 Å². The molecule has 1 heterocycles. The van der Waals surface area contributed by atoms with Crippen LogP contribution >= 0.6 is 11.6 Å². The number of nitrogens with zero attached hydrogens (tertiary/aromatic N) is 1. The molecule has 1 saturated heterocycles. The van der Waals surface area contributed by atoms with Gasteiger partial charge in [-0.05, 0) is 99.2 Å². The van der Waals surface area contributed by atoms with E-state index in [0.29, 0.717) is 46.3 Å². The van der Waals surface area contributed by atoms with Crippen molar-refractivity contribution in [1.29, 1.82) is 0 Å². The molecule has 170 valence electrons. The lowest BCUT2D eigenvalue weighted by atomic mass is 9.43. The second kappa shape index (κ2) is 7.35. The predicted octanol–water partition coefficient (Wildman–Crippen LogP) is 4.06. The van der Waals surface area contributed by atoms with Crippen molar-refractivity contribution in [3.05, 3.63) is 28.8 Å². The summed E-state index contributed by atoms with van der Waals surface area (Å²) in [5.41, 5.74) is 6.24. The van der Waals surface area contributed by atoms with E-state index in [4.69, 9.17) is 17.3 Å². The number of carbonyl (C=O) groups is 1. The van der Waals surface area contributed by atoms with Crippen molar-refractivity contribution in [3.8, 4) is 0 Å². The van der Waals surface area contributed by atoms with Crippen LogP contribution in [0.1, 0.15) is 56.9 Å². The number of carbonyl (C=O) groups excluding carboxylic acids is 1. The molecular formula is C23H32ClN3O3S.